The Morgan fingerprint density at radius 2 is 1.75 bits per heavy atom. The second kappa shape index (κ2) is 6.78. The maximum absolute atomic E-state index is 13.6. The van der Waals surface area contributed by atoms with Gasteiger partial charge >= 0.3 is 0 Å². The van der Waals surface area contributed by atoms with Crippen molar-refractivity contribution in [1.82, 2.24) is 5.32 Å². The number of carbonyl (C=O) groups excluding carboxylic acids is 2. The first-order valence-electron chi connectivity index (χ1n) is 7.64. The molecule has 0 bridgehead atoms. The molecule has 2 aromatic rings. The normalized spacial score (nSPS) is 17.2. The van der Waals surface area contributed by atoms with Crippen molar-refractivity contribution >= 4 is 17.5 Å². The van der Waals surface area contributed by atoms with Gasteiger partial charge < -0.3 is 10.2 Å². The highest BCUT2D eigenvalue weighted by atomic mass is 19.1. The zero-order chi connectivity index (χ0) is 17.1. The zero-order valence-corrected chi connectivity index (χ0v) is 12.8. The van der Waals surface area contributed by atoms with Gasteiger partial charge in [0, 0.05) is 31.1 Å². The molecule has 1 atom stereocenters. The van der Waals surface area contributed by atoms with E-state index in [-0.39, 0.29) is 24.8 Å². The molecule has 1 heterocycles. The number of anilines is 1. The first-order valence-corrected chi connectivity index (χ1v) is 7.64. The van der Waals surface area contributed by atoms with Gasteiger partial charge in [-0.1, -0.05) is 24.3 Å². The van der Waals surface area contributed by atoms with Crippen LogP contribution >= 0.6 is 0 Å². The van der Waals surface area contributed by atoms with Crippen molar-refractivity contribution in [3.05, 3.63) is 65.7 Å². The van der Waals surface area contributed by atoms with Crippen molar-refractivity contribution in [2.45, 2.75) is 6.42 Å². The number of carbonyl (C=O) groups is 2. The second-order valence-corrected chi connectivity index (χ2v) is 5.72. The van der Waals surface area contributed by atoms with Gasteiger partial charge in [0.15, 0.2) is 0 Å². The molecule has 0 aliphatic carbocycles. The van der Waals surface area contributed by atoms with Gasteiger partial charge in [-0.05, 0) is 24.3 Å². The minimum absolute atomic E-state index is 0.0301. The van der Waals surface area contributed by atoms with E-state index in [0.29, 0.717) is 6.54 Å². The van der Waals surface area contributed by atoms with Gasteiger partial charge in [-0.2, -0.15) is 0 Å². The van der Waals surface area contributed by atoms with Crippen LogP contribution in [0.4, 0.5) is 14.5 Å². The average Bonchev–Trinajstić information content (AvgIpc) is 2.94. The van der Waals surface area contributed by atoms with Crippen molar-refractivity contribution in [1.29, 1.82) is 0 Å². The summed E-state index contributed by atoms with van der Waals surface area (Å²) in [6.07, 6.45) is 0.287. The molecule has 1 aliphatic rings. The number of benzene rings is 2. The summed E-state index contributed by atoms with van der Waals surface area (Å²) < 4.78 is 27.2. The Bertz CT molecular complexity index is 745. The summed E-state index contributed by atoms with van der Waals surface area (Å²) in [5.74, 6) is -2.74. The lowest BCUT2D eigenvalue weighted by Gasteiger charge is -2.17. The minimum Gasteiger partial charge on any atom is -0.351 e. The Hall–Kier alpha value is -2.76. The molecule has 1 fully saturated rings. The highest BCUT2D eigenvalue weighted by Gasteiger charge is 2.31. The fraction of sp³-hybridized carbons (Fsp3) is 0.222. The van der Waals surface area contributed by atoms with E-state index < -0.39 is 23.1 Å². The quantitative estimate of drug-likeness (QED) is 0.937. The van der Waals surface area contributed by atoms with Crippen LogP contribution in [0, 0.1) is 17.6 Å². The highest BCUT2D eigenvalue weighted by Crippen LogP contribution is 2.24. The van der Waals surface area contributed by atoms with Crippen LogP contribution in [0.25, 0.3) is 0 Å². The Morgan fingerprint density at radius 1 is 1.08 bits per heavy atom. The molecule has 0 saturated carbocycles. The summed E-state index contributed by atoms with van der Waals surface area (Å²) >= 11 is 0. The summed E-state index contributed by atoms with van der Waals surface area (Å²) in [4.78, 5) is 25.7. The molecule has 3 rings (SSSR count). The SMILES string of the molecule is O=C(NCC1CC(=O)N(c2ccccc2)C1)c1c(F)cccc1F. The molecular weight excluding hydrogens is 314 g/mol. The fourth-order valence-electron chi connectivity index (χ4n) is 2.82. The molecular formula is C18H16F2N2O2. The third kappa shape index (κ3) is 3.27. The van der Waals surface area contributed by atoms with Gasteiger partial charge in [-0.3, -0.25) is 9.59 Å². The molecule has 2 amide bonds. The lowest BCUT2D eigenvalue weighted by Crippen LogP contribution is -2.32. The lowest BCUT2D eigenvalue weighted by molar-refractivity contribution is -0.117. The summed E-state index contributed by atoms with van der Waals surface area (Å²) in [6.45, 7) is 0.643. The van der Waals surface area contributed by atoms with E-state index in [1.54, 1.807) is 4.90 Å². The van der Waals surface area contributed by atoms with Crippen molar-refractivity contribution in [2.24, 2.45) is 5.92 Å². The van der Waals surface area contributed by atoms with Crippen LogP contribution in [0.5, 0.6) is 0 Å². The smallest absolute Gasteiger partial charge is 0.257 e. The first-order chi connectivity index (χ1) is 11.6. The van der Waals surface area contributed by atoms with Crippen LogP contribution in [0.2, 0.25) is 0 Å². The summed E-state index contributed by atoms with van der Waals surface area (Å²) in [7, 11) is 0. The predicted octanol–water partition coefficient (Wildman–Crippen LogP) is 2.75. The van der Waals surface area contributed by atoms with Gasteiger partial charge in [0.1, 0.15) is 17.2 Å². The predicted molar refractivity (Wildman–Crippen MR) is 85.6 cm³/mol. The molecule has 124 valence electrons. The molecule has 6 heteroatoms. The summed E-state index contributed by atoms with van der Waals surface area (Å²) in [6, 6.07) is 12.5. The number of rotatable bonds is 4. The number of hydrogen-bond donors (Lipinski definition) is 1. The Morgan fingerprint density at radius 3 is 2.42 bits per heavy atom. The van der Waals surface area contributed by atoms with Crippen LogP contribution in [0.3, 0.4) is 0 Å². The van der Waals surface area contributed by atoms with Crippen LogP contribution in [0.1, 0.15) is 16.8 Å². The number of hydrogen-bond acceptors (Lipinski definition) is 2. The first kappa shape index (κ1) is 16.1. The van der Waals surface area contributed by atoms with E-state index in [1.807, 2.05) is 30.3 Å². The maximum Gasteiger partial charge on any atom is 0.257 e. The van der Waals surface area contributed by atoms with Crippen molar-refractivity contribution in [3.8, 4) is 0 Å². The number of para-hydroxylation sites is 1. The van der Waals surface area contributed by atoms with Crippen LogP contribution in [0.15, 0.2) is 48.5 Å². The van der Waals surface area contributed by atoms with Crippen LogP contribution in [-0.2, 0) is 4.79 Å². The number of amides is 2. The van der Waals surface area contributed by atoms with Gasteiger partial charge in [-0.15, -0.1) is 0 Å². The molecule has 1 aliphatic heterocycles. The van der Waals surface area contributed by atoms with E-state index in [2.05, 4.69) is 5.32 Å². The van der Waals surface area contributed by atoms with Gasteiger partial charge in [0.25, 0.3) is 5.91 Å². The Kier molecular flexibility index (Phi) is 4.55. The summed E-state index contributed by atoms with van der Waals surface area (Å²) in [5.41, 5.74) is 0.207. The van der Waals surface area contributed by atoms with E-state index >= 15 is 0 Å². The molecule has 0 aromatic heterocycles. The van der Waals surface area contributed by atoms with E-state index in [1.165, 1.54) is 6.07 Å². The molecule has 1 saturated heterocycles. The molecule has 1 N–H and O–H groups in total. The molecule has 2 aromatic carbocycles. The standard InChI is InChI=1S/C18H16F2N2O2/c19-14-7-4-8-15(20)17(14)18(24)21-10-12-9-16(23)22(11-12)13-5-2-1-3-6-13/h1-8,12H,9-11H2,(H,21,24). The van der Waals surface area contributed by atoms with Crippen molar-refractivity contribution in [2.75, 3.05) is 18.0 Å². The maximum atomic E-state index is 13.6. The van der Waals surface area contributed by atoms with E-state index in [0.717, 1.165) is 17.8 Å². The number of halogens is 2. The minimum atomic E-state index is -0.902. The van der Waals surface area contributed by atoms with Gasteiger partial charge in [0.2, 0.25) is 5.91 Å². The highest BCUT2D eigenvalue weighted by molar-refractivity contribution is 5.96. The van der Waals surface area contributed by atoms with Crippen molar-refractivity contribution < 1.29 is 18.4 Å². The zero-order valence-electron chi connectivity index (χ0n) is 12.8. The molecule has 1 unspecified atom stereocenters. The topological polar surface area (TPSA) is 49.4 Å². The van der Waals surface area contributed by atoms with E-state index in [4.69, 9.17) is 0 Å². The number of nitrogens with one attached hydrogen (secondary N) is 1. The van der Waals surface area contributed by atoms with Crippen LogP contribution < -0.4 is 10.2 Å². The lowest BCUT2D eigenvalue weighted by atomic mass is 10.1. The van der Waals surface area contributed by atoms with Gasteiger partial charge in [0.05, 0.1) is 0 Å². The largest absolute Gasteiger partial charge is 0.351 e. The van der Waals surface area contributed by atoms with E-state index in [9.17, 15) is 18.4 Å². The second-order valence-electron chi connectivity index (χ2n) is 5.72. The molecule has 24 heavy (non-hydrogen) atoms. The third-order valence-corrected chi connectivity index (χ3v) is 4.01. The fourth-order valence-corrected chi connectivity index (χ4v) is 2.82. The van der Waals surface area contributed by atoms with Gasteiger partial charge in [-0.25, -0.2) is 8.78 Å². The number of nitrogens with zero attached hydrogens (tertiary/aromatic N) is 1. The molecule has 4 nitrogen and oxygen atoms in total. The third-order valence-electron chi connectivity index (χ3n) is 4.01. The summed E-state index contributed by atoms with van der Waals surface area (Å²) in [5, 5.41) is 2.52. The van der Waals surface area contributed by atoms with Crippen LogP contribution in [-0.4, -0.2) is 24.9 Å². The Labute approximate surface area is 138 Å². The molecule has 0 radical (unpaired) electrons. The molecule has 0 spiro atoms. The average molecular weight is 330 g/mol. The Balaban J connectivity index is 1.62. The van der Waals surface area contributed by atoms with Crippen molar-refractivity contribution in [3.63, 3.8) is 0 Å². The monoisotopic (exact) mass is 330 g/mol.